The molecule has 0 aromatic heterocycles. The normalized spacial score (nSPS) is 16.2. The molecule has 2 aromatic carbocycles. The Balaban J connectivity index is 1.72. The van der Waals surface area contributed by atoms with E-state index in [0.717, 1.165) is 37.7 Å². The van der Waals surface area contributed by atoms with Gasteiger partial charge in [0.25, 0.3) is 10.0 Å². The van der Waals surface area contributed by atoms with Crippen LogP contribution in [0.5, 0.6) is 0 Å². The first-order chi connectivity index (χ1) is 12.8. The van der Waals surface area contributed by atoms with E-state index < -0.39 is 20.0 Å². The van der Waals surface area contributed by atoms with Crippen LogP contribution in [0, 0.1) is 6.92 Å². The van der Waals surface area contributed by atoms with Gasteiger partial charge < -0.3 is 0 Å². The molecule has 0 atom stereocenters. The minimum absolute atomic E-state index is 0.0246. The molecule has 3 rings (SSSR count). The predicted octanol–water partition coefficient (Wildman–Crippen LogP) is 3.41. The van der Waals surface area contributed by atoms with Crippen molar-refractivity contribution in [3.63, 3.8) is 0 Å². The summed E-state index contributed by atoms with van der Waals surface area (Å²) in [6.45, 7) is 1.88. The molecule has 0 amide bonds. The van der Waals surface area contributed by atoms with E-state index >= 15 is 0 Å². The van der Waals surface area contributed by atoms with E-state index in [-0.39, 0.29) is 15.8 Å². The maximum absolute atomic E-state index is 12.5. The van der Waals surface area contributed by atoms with E-state index in [4.69, 9.17) is 0 Å². The van der Waals surface area contributed by atoms with Crippen molar-refractivity contribution in [1.29, 1.82) is 0 Å². The van der Waals surface area contributed by atoms with Crippen molar-refractivity contribution in [2.75, 3.05) is 4.72 Å². The minimum Gasteiger partial charge on any atom is -0.280 e. The summed E-state index contributed by atoms with van der Waals surface area (Å²) in [5, 5.41) is 0. The van der Waals surface area contributed by atoms with Gasteiger partial charge in [-0.3, -0.25) is 4.72 Å². The first-order valence-electron chi connectivity index (χ1n) is 8.98. The molecule has 1 aliphatic carbocycles. The number of anilines is 1. The van der Waals surface area contributed by atoms with E-state index in [2.05, 4.69) is 9.44 Å². The van der Waals surface area contributed by atoms with Crippen molar-refractivity contribution < 1.29 is 16.8 Å². The van der Waals surface area contributed by atoms with Gasteiger partial charge in [0, 0.05) is 11.7 Å². The third-order valence-electron chi connectivity index (χ3n) is 4.68. The van der Waals surface area contributed by atoms with Gasteiger partial charge in [-0.15, -0.1) is 0 Å². The summed E-state index contributed by atoms with van der Waals surface area (Å²) in [5.74, 6) is 0. The van der Waals surface area contributed by atoms with Crippen LogP contribution in [0.15, 0.2) is 58.3 Å². The lowest BCUT2D eigenvalue weighted by molar-refractivity contribution is 0.412. The molecule has 0 radical (unpaired) electrons. The molecule has 146 valence electrons. The van der Waals surface area contributed by atoms with Crippen LogP contribution in [0.4, 0.5) is 5.69 Å². The summed E-state index contributed by atoms with van der Waals surface area (Å²) in [7, 11) is -7.32. The van der Waals surface area contributed by atoms with Gasteiger partial charge >= 0.3 is 0 Å². The molecule has 0 unspecified atom stereocenters. The van der Waals surface area contributed by atoms with Crippen molar-refractivity contribution in [3.8, 4) is 0 Å². The summed E-state index contributed by atoms with van der Waals surface area (Å²) in [6.07, 6.45) is 4.93. The molecule has 0 aliphatic heterocycles. The molecule has 1 aliphatic rings. The second kappa shape index (κ2) is 8.00. The van der Waals surface area contributed by atoms with Crippen LogP contribution in [0.2, 0.25) is 0 Å². The zero-order chi connectivity index (χ0) is 19.5. The van der Waals surface area contributed by atoms with Crippen LogP contribution in [0.25, 0.3) is 0 Å². The smallest absolute Gasteiger partial charge is 0.261 e. The van der Waals surface area contributed by atoms with E-state index in [1.165, 1.54) is 36.4 Å². The Labute approximate surface area is 161 Å². The highest BCUT2D eigenvalue weighted by atomic mass is 32.2. The van der Waals surface area contributed by atoms with Crippen molar-refractivity contribution >= 4 is 25.7 Å². The van der Waals surface area contributed by atoms with Gasteiger partial charge in [-0.2, -0.15) is 0 Å². The molecular formula is C19H24N2O4S2. The lowest BCUT2D eigenvalue weighted by Gasteiger charge is -2.22. The number of nitrogens with one attached hydrogen (secondary N) is 2. The second-order valence-corrected chi connectivity index (χ2v) is 10.3. The zero-order valence-electron chi connectivity index (χ0n) is 15.2. The number of hydrogen-bond donors (Lipinski definition) is 2. The van der Waals surface area contributed by atoms with Gasteiger partial charge in [-0.1, -0.05) is 37.0 Å². The first-order valence-corrected chi connectivity index (χ1v) is 11.9. The van der Waals surface area contributed by atoms with Gasteiger partial charge in [-0.25, -0.2) is 21.6 Å². The fraction of sp³-hybridized carbons (Fsp3) is 0.368. The second-order valence-electron chi connectivity index (χ2n) is 6.90. The fourth-order valence-corrected chi connectivity index (χ4v) is 5.51. The Morgan fingerprint density at radius 2 is 1.26 bits per heavy atom. The Bertz CT molecular complexity index is 977. The first kappa shape index (κ1) is 19.9. The van der Waals surface area contributed by atoms with Crippen molar-refractivity contribution in [2.24, 2.45) is 0 Å². The Morgan fingerprint density at radius 3 is 1.85 bits per heavy atom. The van der Waals surface area contributed by atoms with Crippen LogP contribution < -0.4 is 9.44 Å². The summed E-state index contributed by atoms with van der Waals surface area (Å²) in [5.41, 5.74) is 1.28. The summed E-state index contributed by atoms with van der Waals surface area (Å²) in [4.78, 5) is 0.287. The highest BCUT2D eigenvalue weighted by Crippen LogP contribution is 2.22. The molecule has 0 saturated heterocycles. The number of aryl methyl sites for hydroxylation is 1. The van der Waals surface area contributed by atoms with Crippen LogP contribution >= 0.6 is 0 Å². The van der Waals surface area contributed by atoms with Crippen molar-refractivity contribution in [3.05, 3.63) is 54.1 Å². The molecular weight excluding hydrogens is 384 g/mol. The highest BCUT2D eigenvalue weighted by Gasteiger charge is 2.22. The quantitative estimate of drug-likeness (QED) is 0.766. The molecule has 2 aromatic rings. The Hall–Kier alpha value is -1.90. The van der Waals surface area contributed by atoms with E-state index in [0.29, 0.717) is 5.69 Å². The van der Waals surface area contributed by atoms with Crippen LogP contribution in [0.1, 0.15) is 37.7 Å². The standard InChI is InChI=1S/C19H24N2O4S2/c1-15-7-11-18(12-8-15)26(22,23)21-17-9-13-19(14-10-17)27(24,25)20-16-5-3-2-4-6-16/h7-14,16,20-21H,2-6H2,1H3. The van der Waals surface area contributed by atoms with E-state index in [1.807, 2.05) is 6.92 Å². The molecule has 1 saturated carbocycles. The van der Waals surface area contributed by atoms with Crippen LogP contribution in [0.3, 0.4) is 0 Å². The van der Waals surface area contributed by atoms with Crippen molar-refractivity contribution in [1.82, 2.24) is 4.72 Å². The summed E-state index contributed by atoms with van der Waals surface area (Å²) in [6, 6.07) is 12.2. The Morgan fingerprint density at radius 1 is 0.741 bits per heavy atom. The van der Waals surface area contributed by atoms with Gasteiger partial charge in [0.15, 0.2) is 0 Å². The van der Waals surface area contributed by atoms with Gasteiger partial charge in [0.2, 0.25) is 10.0 Å². The molecule has 27 heavy (non-hydrogen) atoms. The molecule has 8 heteroatoms. The van der Waals surface area contributed by atoms with E-state index in [9.17, 15) is 16.8 Å². The molecule has 0 bridgehead atoms. The van der Waals surface area contributed by atoms with Crippen LogP contribution in [-0.2, 0) is 20.0 Å². The highest BCUT2D eigenvalue weighted by molar-refractivity contribution is 7.92. The third kappa shape index (κ3) is 5.09. The van der Waals surface area contributed by atoms with Gasteiger partial charge in [0.05, 0.1) is 9.79 Å². The zero-order valence-corrected chi connectivity index (χ0v) is 16.8. The summed E-state index contributed by atoms with van der Waals surface area (Å²) >= 11 is 0. The maximum Gasteiger partial charge on any atom is 0.261 e. The largest absolute Gasteiger partial charge is 0.280 e. The number of benzene rings is 2. The average Bonchev–Trinajstić information content (AvgIpc) is 2.63. The van der Waals surface area contributed by atoms with Crippen LogP contribution in [-0.4, -0.2) is 22.9 Å². The van der Waals surface area contributed by atoms with E-state index in [1.54, 1.807) is 12.1 Å². The molecule has 0 heterocycles. The molecule has 1 fully saturated rings. The maximum atomic E-state index is 12.5. The monoisotopic (exact) mass is 408 g/mol. The molecule has 0 spiro atoms. The SMILES string of the molecule is Cc1ccc(S(=O)(=O)Nc2ccc(S(=O)(=O)NC3CCCCC3)cc2)cc1. The lowest BCUT2D eigenvalue weighted by Crippen LogP contribution is -2.36. The minimum atomic E-state index is -3.72. The summed E-state index contributed by atoms with van der Waals surface area (Å²) < 4.78 is 55.0. The topological polar surface area (TPSA) is 92.3 Å². The lowest BCUT2D eigenvalue weighted by atomic mass is 9.96. The number of rotatable bonds is 6. The fourth-order valence-electron chi connectivity index (χ4n) is 3.14. The number of hydrogen-bond acceptors (Lipinski definition) is 4. The average molecular weight is 409 g/mol. The molecule has 6 nitrogen and oxygen atoms in total. The predicted molar refractivity (Wildman–Crippen MR) is 106 cm³/mol. The molecule has 2 N–H and O–H groups in total. The van der Waals surface area contributed by atoms with Gasteiger partial charge in [-0.05, 0) is 56.2 Å². The number of sulfonamides is 2. The van der Waals surface area contributed by atoms with Gasteiger partial charge in [0.1, 0.15) is 0 Å². The Kier molecular flexibility index (Phi) is 5.88. The third-order valence-corrected chi connectivity index (χ3v) is 7.61. The van der Waals surface area contributed by atoms with Crippen molar-refractivity contribution in [2.45, 2.75) is 54.9 Å².